The Labute approximate surface area is 798 Å². The molecule has 5 aromatic rings. The molecule has 0 fully saturated rings. The zero-order valence-corrected chi connectivity index (χ0v) is 86.2. The van der Waals surface area contributed by atoms with Crippen LogP contribution in [0.1, 0.15) is 581 Å². The average molecular weight is 1790 g/mol. The van der Waals surface area contributed by atoms with Gasteiger partial charge in [-0.3, -0.25) is 5.10 Å². The topological polar surface area (TPSA) is 116 Å². The summed E-state index contributed by atoms with van der Waals surface area (Å²) in [5.74, 6) is 4.71. The molecule has 3 aromatic heterocycles. The van der Waals surface area contributed by atoms with Crippen LogP contribution in [-0.4, -0.2) is 59.8 Å². The van der Waals surface area contributed by atoms with E-state index < -0.39 is 0 Å². The van der Waals surface area contributed by atoms with Crippen LogP contribution in [0, 0.1) is 0 Å². The van der Waals surface area contributed by atoms with Crippen LogP contribution in [0.4, 0.5) is 0 Å². The first kappa shape index (κ1) is 115. The van der Waals surface area contributed by atoms with E-state index in [0.29, 0.717) is 39.6 Å². The van der Waals surface area contributed by atoms with Crippen LogP contribution in [0.5, 0.6) is 34.5 Å². The predicted octanol–water partition coefficient (Wildman–Crippen LogP) is 40.9. The Morgan fingerprint density at radius 3 is 0.535 bits per heavy atom. The quantitative estimate of drug-likeness (QED) is 0.0332. The third-order valence-electron chi connectivity index (χ3n) is 27.7. The third kappa shape index (κ3) is 60.9. The number of nitrogens with one attached hydrogen (secondary N) is 3. The molecule has 10 nitrogen and oxygen atoms in total. The summed E-state index contributed by atoms with van der Waals surface area (Å²) in [6, 6.07) is 19.8. The van der Waals surface area contributed by atoms with Crippen LogP contribution in [0.2, 0.25) is 0 Å². The van der Waals surface area contributed by atoms with Gasteiger partial charge >= 0.3 is 0 Å². The highest BCUT2D eigenvalue weighted by Crippen LogP contribution is 2.45. The van der Waals surface area contributed by atoms with Gasteiger partial charge in [0.05, 0.1) is 56.7 Å². The molecule has 0 aliphatic rings. The number of unbranched alkanes of at least 4 members (excludes halogenated alkanes) is 78. The van der Waals surface area contributed by atoms with E-state index in [9.17, 15) is 0 Å². The molecule has 742 valence electrons. The van der Waals surface area contributed by atoms with E-state index in [4.69, 9.17) is 33.5 Å². The molecule has 0 saturated carbocycles. The summed E-state index contributed by atoms with van der Waals surface area (Å²) in [4.78, 5) is 7.67. The smallest absolute Gasteiger partial charge is 0.203 e. The Bertz CT molecular complexity index is 2880. The van der Waals surface area contributed by atoms with E-state index in [1.807, 2.05) is 0 Å². The molecule has 0 amide bonds. The van der Waals surface area contributed by atoms with Gasteiger partial charge in [-0.15, -0.1) is 0 Å². The molecule has 3 heterocycles. The molecule has 3 N–H and O–H groups in total. The fourth-order valence-corrected chi connectivity index (χ4v) is 19.1. The summed E-state index contributed by atoms with van der Waals surface area (Å²) < 4.78 is 41.7. The minimum atomic E-state index is 0.656. The predicted molar refractivity (Wildman–Crippen MR) is 564 cm³/mol. The van der Waals surface area contributed by atoms with Crippen molar-refractivity contribution in [3.8, 4) is 79.8 Å². The molecule has 0 aliphatic carbocycles. The van der Waals surface area contributed by atoms with Crippen molar-refractivity contribution in [3.05, 3.63) is 54.6 Å². The first-order valence-corrected chi connectivity index (χ1v) is 57.6. The van der Waals surface area contributed by atoms with Crippen molar-refractivity contribution in [2.45, 2.75) is 581 Å². The molecule has 10 heteroatoms. The van der Waals surface area contributed by atoms with Gasteiger partial charge in [-0.2, -0.15) is 5.10 Å². The fourth-order valence-electron chi connectivity index (χ4n) is 19.1. The normalized spacial score (nSPS) is 11.6. The Hall–Kier alpha value is -4.99. The van der Waals surface area contributed by atoms with Crippen molar-refractivity contribution in [2.75, 3.05) is 39.6 Å². The van der Waals surface area contributed by atoms with Gasteiger partial charge in [0.15, 0.2) is 23.0 Å². The summed E-state index contributed by atoms with van der Waals surface area (Å²) in [6.07, 6.45) is 112. The van der Waals surface area contributed by atoms with Gasteiger partial charge in [0, 0.05) is 22.5 Å². The molecule has 0 bridgehead atoms. The van der Waals surface area contributed by atoms with Gasteiger partial charge in [-0.1, -0.05) is 542 Å². The summed E-state index contributed by atoms with van der Waals surface area (Å²) in [6.45, 7) is 17.8. The number of nitrogens with zero attached hydrogens (tertiary/aromatic N) is 1. The van der Waals surface area contributed by atoms with Crippen LogP contribution in [-0.2, 0) is 0 Å². The third-order valence-corrected chi connectivity index (χ3v) is 27.7. The van der Waals surface area contributed by atoms with Gasteiger partial charge < -0.3 is 38.4 Å². The molecule has 0 saturated heterocycles. The Kier molecular flexibility index (Phi) is 76.2. The largest absolute Gasteiger partial charge is 0.490 e. The van der Waals surface area contributed by atoms with Crippen LogP contribution >= 0.6 is 0 Å². The van der Waals surface area contributed by atoms with E-state index in [1.54, 1.807) is 0 Å². The van der Waals surface area contributed by atoms with Crippen LogP contribution in [0.25, 0.3) is 45.3 Å². The highest BCUT2D eigenvalue weighted by Gasteiger charge is 2.22. The van der Waals surface area contributed by atoms with Crippen molar-refractivity contribution < 1.29 is 28.4 Å². The number of aromatic amines is 3. The van der Waals surface area contributed by atoms with E-state index in [2.05, 4.69) is 111 Å². The maximum atomic E-state index is 6.95. The van der Waals surface area contributed by atoms with Crippen molar-refractivity contribution >= 4 is 0 Å². The molecular weight excluding hydrogens is 1580 g/mol. The molecule has 0 atom stereocenters. The minimum absolute atomic E-state index is 0.656. The van der Waals surface area contributed by atoms with Gasteiger partial charge in [-0.05, 0) is 93.1 Å². The number of hydrogen-bond acceptors (Lipinski definition) is 7. The van der Waals surface area contributed by atoms with Gasteiger partial charge in [0.1, 0.15) is 5.69 Å². The molecular formula is C119H210N4O6. The van der Waals surface area contributed by atoms with Crippen molar-refractivity contribution in [3.63, 3.8) is 0 Å². The van der Waals surface area contributed by atoms with Crippen molar-refractivity contribution in [1.82, 2.24) is 20.2 Å². The highest BCUT2D eigenvalue weighted by atomic mass is 16.5. The Morgan fingerprint density at radius 1 is 0.171 bits per heavy atom. The molecule has 0 radical (unpaired) electrons. The minimum Gasteiger partial charge on any atom is -0.490 e. The number of H-pyrrole nitrogens is 3. The number of hydrogen-bond donors (Lipinski definition) is 3. The summed E-state index contributed by atoms with van der Waals surface area (Å²) in [5.41, 5.74) is 7.73. The lowest BCUT2D eigenvalue weighted by Gasteiger charge is -2.19. The summed E-state index contributed by atoms with van der Waals surface area (Å²) in [5, 5.41) is 8.44. The summed E-state index contributed by atoms with van der Waals surface area (Å²) in [7, 11) is 0. The molecule has 0 unspecified atom stereocenters. The maximum Gasteiger partial charge on any atom is 0.203 e. The Morgan fingerprint density at radius 2 is 0.333 bits per heavy atom. The van der Waals surface area contributed by atoms with Crippen LogP contribution in [0.15, 0.2) is 54.6 Å². The van der Waals surface area contributed by atoms with E-state index in [1.165, 1.54) is 501 Å². The molecule has 2 aromatic carbocycles. The average Bonchev–Trinajstić information content (AvgIpc) is 1.65. The van der Waals surface area contributed by atoms with Crippen LogP contribution < -0.4 is 28.4 Å². The molecule has 0 aliphatic heterocycles. The lowest BCUT2D eigenvalue weighted by Crippen LogP contribution is -2.07. The van der Waals surface area contributed by atoms with Gasteiger partial charge in [0.25, 0.3) is 0 Å². The second-order valence-electron chi connectivity index (χ2n) is 40.0. The number of aromatic nitrogens is 4. The summed E-state index contributed by atoms with van der Waals surface area (Å²) >= 11 is 0. The second kappa shape index (κ2) is 85.9. The van der Waals surface area contributed by atoms with Gasteiger partial charge in [-0.25, -0.2) is 0 Å². The zero-order chi connectivity index (χ0) is 91.2. The lowest BCUT2D eigenvalue weighted by molar-refractivity contribution is 0.234. The standard InChI is InChI=1S/C119H210N4O6/c1-7-13-19-25-31-37-43-49-55-61-67-73-79-85-95-124-114-101-106(102-115(125-96-86-80-74-68-62-56-50-44-38-32-26-20-14-8-2)118(114)128-99-89-83-77-71-65-59-53-47-41-35-29-23-17-11-5)108-91-93-110(120-108)112-105-113(123-122-112)111-94-92-109(121-111)107-103-116(126-97-87-81-75-69-63-57-51-45-39-33-27-21-15-9-3)119(129-100-90-84-78-72-66-60-54-48-42-36-30-24-18-12-6)117(104-107)127-98-88-82-76-70-64-58-52-46-40-34-28-22-16-10-4/h91-94,101-105,120-121H,7-90,95-100H2,1-6H3,(H,122,123). The van der Waals surface area contributed by atoms with Crippen molar-refractivity contribution in [2.24, 2.45) is 0 Å². The zero-order valence-electron chi connectivity index (χ0n) is 86.2. The first-order valence-electron chi connectivity index (χ1n) is 57.6. The van der Waals surface area contributed by atoms with Gasteiger partial charge in [0.2, 0.25) is 11.5 Å². The van der Waals surface area contributed by atoms with E-state index >= 15 is 0 Å². The second-order valence-corrected chi connectivity index (χ2v) is 40.0. The lowest BCUT2D eigenvalue weighted by atomic mass is 10.0. The molecule has 129 heavy (non-hydrogen) atoms. The van der Waals surface area contributed by atoms with Crippen molar-refractivity contribution in [1.29, 1.82) is 0 Å². The number of ether oxygens (including phenoxy) is 6. The monoisotopic (exact) mass is 1790 g/mol. The fraction of sp³-hybridized carbons (Fsp3) is 0.807. The molecule has 5 rings (SSSR count). The Balaban J connectivity index is 1.35. The highest BCUT2D eigenvalue weighted by molar-refractivity contribution is 5.75. The van der Waals surface area contributed by atoms with Crippen LogP contribution in [0.3, 0.4) is 0 Å². The molecule has 0 spiro atoms. The maximum absolute atomic E-state index is 6.95. The number of benzene rings is 2. The number of rotatable bonds is 100. The first-order chi connectivity index (χ1) is 64.0. The SMILES string of the molecule is CCCCCCCCCCCCCCCCOc1cc(-c2ccc(-c3cc(-c4ccc(-c5cc(OCCCCCCCCCCCCCCCC)c(OCCCCCCCCCCCCCCCC)c(OCCCCCCCCCCCCCCCC)c5)[nH]4)[nH]n3)[nH]2)cc(OCCCCCCCCCCCCCCCC)c1OCCCCCCCCCCCCCCCC. The van der Waals surface area contributed by atoms with E-state index in [0.717, 1.165) is 118 Å². The van der Waals surface area contributed by atoms with E-state index in [-0.39, 0.29) is 0 Å².